The number of ether oxygens (including phenoxy) is 1. The van der Waals surface area contributed by atoms with Crippen molar-refractivity contribution in [3.8, 4) is 5.75 Å². The number of hydrogen-bond acceptors (Lipinski definition) is 3. The lowest BCUT2D eigenvalue weighted by molar-refractivity contribution is -0.133. The summed E-state index contributed by atoms with van der Waals surface area (Å²) in [5, 5.41) is 3.30. The van der Waals surface area contributed by atoms with Crippen molar-refractivity contribution in [2.45, 2.75) is 32.6 Å². The fraction of sp³-hybridized carbons (Fsp3) is 0.588. The van der Waals surface area contributed by atoms with E-state index in [4.69, 9.17) is 4.74 Å². The maximum atomic E-state index is 12.2. The average Bonchev–Trinajstić information content (AvgIpc) is 2.81. The van der Waals surface area contributed by atoms with Crippen molar-refractivity contribution >= 4 is 18.3 Å². The highest BCUT2D eigenvalue weighted by Crippen LogP contribution is 2.28. The van der Waals surface area contributed by atoms with Gasteiger partial charge in [0, 0.05) is 19.6 Å². The number of para-hydroxylation sites is 1. The summed E-state index contributed by atoms with van der Waals surface area (Å²) < 4.78 is 5.80. The van der Waals surface area contributed by atoms with Gasteiger partial charge >= 0.3 is 0 Å². The Kier molecular flexibility index (Phi) is 8.28. The molecule has 1 aliphatic heterocycles. The molecule has 1 fully saturated rings. The first-order chi connectivity index (χ1) is 10.2. The Morgan fingerprint density at radius 1 is 1.32 bits per heavy atom. The van der Waals surface area contributed by atoms with E-state index in [1.165, 1.54) is 5.56 Å². The second-order valence-electron chi connectivity index (χ2n) is 5.62. The SMILES string of the molecule is CCC(C)c1ccccc1OCC(=O)N1CCCNCC1.Cl. The van der Waals surface area contributed by atoms with Crippen LogP contribution in [0.5, 0.6) is 5.75 Å². The number of hydrogen-bond donors (Lipinski definition) is 1. The third kappa shape index (κ3) is 5.18. The van der Waals surface area contributed by atoms with Crippen LogP contribution in [0.4, 0.5) is 0 Å². The summed E-state index contributed by atoms with van der Waals surface area (Å²) in [5.74, 6) is 1.37. The van der Waals surface area contributed by atoms with Crippen LogP contribution in [0.3, 0.4) is 0 Å². The molecule has 2 rings (SSSR count). The van der Waals surface area contributed by atoms with Crippen LogP contribution in [-0.2, 0) is 4.79 Å². The smallest absolute Gasteiger partial charge is 0.260 e. The lowest BCUT2D eigenvalue weighted by Gasteiger charge is -2.21. The highest BCUT2D eigenvalue weighted by Gasteiger charge is 2.17. The summed E-state index contributed by atoms with van der Waals surface area (Å²) in [5.41, 5.74) is 1.19. The summed E-state index contributed by atoms with van der Waals surface area (Å²) >= 11 is 0. The fourth-order valence-electron chi connectivity index (χ4n) is 2.56. The normalized spacial score (nSPS) is 16.4. The van der Waals surface area contributed by atoms with Crippen molar-refractivity contribution in [2.75, 3.05) is 32.8 Å². The first-order valence-corrected chi connectivity index (χ1v) is 7.92. The van der Waals surface area contributed by atoms with Crippen molar-refractivity contribution in [1.82, 2.24) is 10.2 Å². The fourth-order valence-corrected chi connectivity index (χ4v) is 2.56. The molecule has 0 aromatic heterocycles. The number of carbonyl (C=O) groups is 1. The van der Waals surface area contributed by atoms with Crippen LogP contribution in [0, 0.1) is 0 Å². The molecule has 0 aliphatic carbocycles. The Bertz CT molecular complexity index is 460. The van der Waals surface area contributed by atoms with Gasteiger partial charge in [0.25, 0.3) is 5.91 Å². The van der Waals surface area contributed by atoms with Gasteiger partial charge in [-0.1, -0.05) is 32.0 Å². The minimum absolute atomic E-state index is 0. The molecule has 1 heterocycles. The summed E-state index contributed by atoms with van der Waals surface area (Å²) in [6.45, 7) is 7.93. The van der Waals surface area contributed by atoms with E-state index in [1.807, 2.05) is 23.1 Å². The molecule has 22 heavy (non-hydrogen) atoms. The average molecular weight is 327 g/mol. The lowest BCUT2D eigenvalue weighted by Crippen LogP contribution is -2.37. The molecule has 1 atom stereocenters. The van der Waals surface area contributed by atoms with Crippen molar-refractivity contribution in [2.24, 2.45) is 0 Å². The van der Waals surface area contributed by atoms with Gasteiger partial charge in [0.15, 0.2) is 6.61 Å². The van der Waals surface area contributed by atoms with Crippen molar-refractivity contribution < 1.29 is 9.53 Å². The van der Waals surface area contributed by atoms with Crippen LogP contribution in [0.25, 0.3) is 0 Å². The first-order valence-electron chi connectivity index (χ1n) is 7.92. The van der Waals surface area contributed by atoms with E-state index >= 15 is 0 Å². The maximum absolute atomic E-state index is 12.2. The van der Waals surface area contributed by atoms with E-state index in [2.05, 4.69) is 25.2 Å². The molecular weight excluding hydrogens is 300 g/mol. The molecule has 1 unspecified atom stereocenters. The van der Waals surface area contributed by atoms with Crippen LogP contribution in [0.15, 0.2) is 24.3 Å². The topological polar surface area (TPSA) is 41.6 Å². The third-order valence-corrected chi connectivity index (χ3v) is 4.11. The highest BCUT2D eigenvalue weighted by molar-refractivity contribution is 5.85. The Morgan fingerprint density at radius 3 is 2.86 bits per heavy atom. The van der Waals surface area contributed by atoms with E-state index in [0.29, 0.717) is 5.92 Å². The van der Waals surface area contributed by atoms with E-state index in [-0.39, 0.29) is 24.9 Å². The van der Waals surface area contributed by atoms with Crippen LogP contribution in [0.2, 0.25) is 0 Å². The van der Waals surface area contributed by atoms with Crippen molar-refractivity contribution in [1.29, 1.82) is 0 Å². The Labute approximate surface area is 139 Å². The number of amides is 1. The van der Waals surface area contributed by atoms with Crippen LogP contribution >= 0.6 is 12.4 Å². The zero-order valence-electron chi connectivity index (χ0n) is 13.5. The molecule has 5 heteroatoms. The van der Waals surface area contributed by atoms with Crippen molar-refractivity contribution in [3.63, 3.8) is 0 Å². The van der Waals surface area contributed by atoms with E-state index in [1.54, 1.807) is 0 Å². The number of nitrogens with one attached hydrogen (secondary N) is 1. The third-order valence-electron chi connectivity index (χ3n) is 4.11. The standard InChI is InChI=1S/C17H26N2O2.ClH/c1-3-14(2)15-7-4-5-8-16(15)21-13-17(20)19-11-6-9-18-10-12-19;/h4-5,7-8,14,18H,3,6,9-13H2,1-2H3;1H. The van der Waals surface area contributed by atoms with Gasteiger partial charge in [-0.05, 0) is 36.9 Å². The van der Waals surface area contributed by atoms with Gasteiger partial charge in [-0.2, -0.15) is 0 Å². The Balaban J connectivity index is 0.00000242. The first kappa shape index (κ1) is 18.8. The van der Waals surface area contributed by atoms with Crippen LogP contribution in [-0.4, -0.2) is 43.6 Å². The van der Waals surface area contributed by atoms with E-state index < -0.39 is 0 Å². The van der Waals surface area contributed by atoms with Gasteiger partial charge in [-0.25, -0.2) is 0 Å². The second-order valence-corrected chi connectivity index (χ2v) is 5.62. The van der Waals surface area contributed by atoms with Gasteiger partial charge < -0.3 is 15.0 Å². The summed E-state index contributed by atoms with van der Waals surface area (Å²) in [4.78, 5) is 14.1. The monoisotopic (exact) mass is 326 g/mol. The molecule has 1 aromatic carbocycles. The summed E-state index contributed by atoms with van der Waals surface area (Å²) in [7, 11) is 0. The van der Waals surface area contributed by atoms with Crippen LogP contribution in [0.1, 0.15) is 38.2 Å². The Hall–Kier alpha value is -1.26. The number of halogens is 1. The largest absolute Gasteiger partial charge is 0.483 e. The molecule has 0 bridgehead atoms. The zero-order valence-corrected chi connectivity index (χ0v) is 14.3. The van der Waals surface area contributed by atoms with Gasteiger partial charge in [-0.15, -0.1) is 12.4 Å². The molecule has 0 spiro atoms. The highest BCUT2D eigenvalue weighted by atomic mass is 35.5. The molecule has 1 aliphatic rings. The predicted molar refractivity (Wildman–Crippen MR) is 92.0 cm³/mol. The van der Waals surface area contributed by atoms with Gasteiger partial charge in [0.2, 0.25) is 0 Å². The van der Waals surface area contributed by atoms with E-state index in [0.717, 1.165) is 44.8 Å². The molecule has 1 aromatic rings. The summed E-state index contributed by atoms with van der Waals surface area (Å²) in [6.07, 6.45) is 2.07. The van der Waals surface area contributed by atoms with Gasteiger partial charge in [0.05, 0.1) is 0 Å². The maximum Gasteiger partial charge on any atom is 0.260 e. The summed E-state index contributed by atoms with van der Waals surface area (Å²) in [6, 6.07) is 8.03. The van der Waals surface area contributed by atoms with Crippen LogP contribution < -0.4 is 10.1 Å². The molecule has 0 radical (unpaired) electrons. The molecule has 124 valence electrons. The minimum Gasteiger partial charge on any atom is -0.483 e. The molecule has 1 saturated heterocycles. The Morgan fingerprint density at radius 2 is 2.09 bits per heavy atom. The second kappa shape index (κ2) is 9.70. The molecular formula is C17H27ClN2O2. The zero-order chi connectivity index (χ0) is 15.1. The molecule has 0 saturated carbocycles. The number of benzene rings is 1. The molecule has 1 amide bonds. The minimum atomic E-state index is 0. The van der Waals surface area contributed by atoms with Gasteiger partial charge in [-0.3, -0.25) is 4.79 Å². The molecule has 1 N–H and O–H groups in total. The van der Waals surface area contributed by atoms with Gasteiger partial charge in [0.1, 0.15) is 5.75 Å². The number of rotatable bonds is 5. The van der Waals surface area contributed by atoms with Crippen molar-refractivity contribution in [3.05, 3.63) is 29.8 Å². The van der Waals surface area contributed by atoms with E-state index in [9.17, 15) is 4.79 Å². The predicted octanol–water partition coefficient (Wildman–Crippen LogP) is 2.82. The number of carbonyl (C=O) groups excluding carboxylic acids is 1. The quantitative estimate of drug-likeness (QED) is 0.904. The number of nitrogens with zero attached hydrogens (tertiary/aromatic N) is 1. The molecule has 4 nitrogen and oxygen atoms in total. The lowest BCUT2D eigenvalue weighted by atomic mass is 9.98.